The van der Waals surface area contributed by atoms with E-state index in [1.54, 1.807) is 30.3 Å². The maximum atomic E-state index is 13.4. The van der Waals surface area contributed by atoms with Crippen LogP contribution >= 0.6 is 11.6 Å². The molecule has 2 aromatic carbocycles. The molecule has 2 rings (SSSR count). The van der Waals surface area contributed by atoms with Crippen molar-refractivity contribution in [2.45, 2.75) is 18.8 Å². The van der Waals surface area contributed by atoms with Gasteiger partial charge in [0.1, 0.15) is 0 Å². The van der Waals surface area contributed by atoms with E-state index in [1.165, 1.54) is 6.07 Å². The van der Waals surface area contributed by atoms with Gasteiger partial charge in [0.05, 0.1) is 18.6 Å². The maximum absolute atomic E-state index is 13.4. The minimum Gasteiger partial charge on any atom is -0.491 e. The number of hydrogen-bond donors (Lipinski definition) is 0. The van der Waals surface area contributed by atoms with Gasteiger partial charge in [0.15, 0.2) is 11.6 Å². The van der Waals surface area contributed by atoms with Crippen molar-refractivity contribution in [2.75, 3.05) is 6.61 Å². The van der Waals surface area contributed by atoms with Crippen LogP contribution < -0.4 is 4.74 Å². The fourth-order valence-electron chi connectivity index (χ4n) is 2.06. The van der Waals surface area contributed by atoms with Crippen molar-refractivity contribution in [3.63, 3.8) is 0 Å². The highest BCUT2D eigenvalue weighted by Gasteiger charge is 2.11. The first-order chi connectivity index (χ1) is 10.2. The van der Waals surface area contributed by atoms with Crippen LogP contribution in [0.2, 0.25) is 5.02 Å². The molecule has 0 radical (unpaired) electrons. The highest BCUT2D eigenvalue weighted by atomic mass is 35.5. The Balaban J connectivity index is 1.85. The molecule has 0 aromatic heterocycles. The summed E-state index contributed by atoms with van der Waals surface area (Å²) in [5.74, 6) is -0.356. The summed E-state index contributed by atoms with van der Waals surface area (Å²) >= 11 is 5.93. The summed E-state index contributed by atoms with van der Waals surface area (Å²) in [5, 5.41) is 9.86. The third-order valence-electron chi connectivity index (χ3n) is 3.14. The largest absolute Gasteiger partial charge is 0.491 e. The second-order valence-corrected chi connectivity index (χ2v) is 5.09. The van der Waals surface area contributed by atoms with Crippen LogP contribution in [0.4, 0.5) is 4.39 Å². The van der Waals surface area contributed by atoms with Crippen LogP contribution in [0.15, 0.2) is 48.5 Å². The van der Waals surface area contributed by atoms with Crippen molar-refractivity contribution >= 4 is 11.6 Å². The average Bonchev–Trinajstić information content (AvgIpc) is 2.49. The molecule has 0 aliphatic carbocycles. The molecule has 2 nitrogen and oxygen atoms in total. The van der Waals surface area contributed by atoms with E-state index >= 15 is 0 Å². The SMILES string of the molecule is N#CC(CCCOc1ccccc1F)c1cccc(Cl)c1. The van der Waals surface area contributed by atoms with Crippen molar-refractivity contribution in [1.29, 1.82) is 5.26 Å². The van der Waals surface area contributed by atoms with Gasteiger partial charge >= 0.3 is 0 Å². The number of nitriles is 1. The summed E-state index contributed by atoms with van der Waals surface area (Å²) in [7, 11) is 0. The topological polar surface area (TPSA) is 33.0 Å². The monoisotopic (exact) mass is 303 g/mol. The molecule has 0 aliphatic rings. The number of halogens is 2. The van der Waals surface area contributed by atoms with Gasteiger partial charge in [-0.3, -0.25) is 0 Å². The fraction of sp³-hybridized carbons (Fsp3) is 0.235. The Bertz CT molecular complexity index is 639. The quantitative estimate of drug-likeness (QED) is 0.708. The normalized spacial score (nSPS) is 11.7. The van der Waals surface area contributed by atoms with Crippen molar-refractivity contribution in [3.8, 4) is 11.8 Å². The zero-order valence-corrected chi connectivity index (χ0v) is 12.2. The molecule has 0 bridgehead atoms. The number of rotatable bonds is 6. The van der Waals surface area contributed by atoms with Gasteiger partial charge in [-0.1, -0.05) is 35.9 Å². The van der Waals surface area contributed by atoms with Crippen molar-refractivity contribution in [3.05, 3.63) is 64.9 Å². The summed E-state index contributed by atoms with van der Waals surface area (Å²) in [5.41, 5.74) is 0.899. The molecule has 0 saturated carbocycles. The number of para-hydroxylation sites is 1. The van der Waals surface area contributed by atoms with Crippen LogP contribution in [0.5, 0.6) is 5.75 Å². The fourth-order valence-corrected chi connectivity index (χ4v) is 2.26. The van der Waals surface area contributed by atoms with Crippen molar-refractivity contribution in [1.82, 2.24) is 0 Å². The van der Waals surface area contributed by atoms with E-state index < -0.39 is 0 Å². The third-order valence-corrected chi connectivity index (χ3v) is 3.37. The molecule has 0 N–H and O–H groups in total. The molecule has 108 valence electrons. The van der Waals surface area contributed by atoms with Crippen molar-refractivity contribution in [2.24, 2.45) is 0 Å². The molecular formula is C17H15ClFNO. The number of ether oxygens (including phenoxy) is 1. The van der Waals surface area contributed by atoms with Gasteiger partial charge in [0.2, 0.25) is 0 Å². The Kier molecular flexibility index (Phi) is 5.59. The van der Waals surface area contributed by atoms with Crippen LogP contribution in [-0.2, 0) is 0 Å². The van der Waals surface area contributed by atoms with Gasteiger partial charge in [-0.05, 0) is 42.7 Å². The average molecular weight is 304 g/mol. The van der Waals surface area contributed by atoms with Gasteiger partial charge in [-0.2, -0.15) is 5.26 Å². The van der Waals surface area contributed by atoms with E-state index in [-0.39, 0.29) is 17.5 Å². The molecule has 0 heterocycles. The molecular weight excluding hydrogens is 289 g/mol. The van der Waals surface area contributed by atoms with Gasteiger partial charge in [0, 0.05) is 5.02 Å². The summed E-state index contributed by atoms with van der Waals surface area (Å²) in [4.78, 5) is 0. The molecule has 2 aromatic rings. The van der Waals surface area contributed by atoms with Crippen molar-refractivity contribution < 1.29 is 9.13 Å². The minimum atomic E-state index is -0.371. The molecule has 1 atom stereocenters. The standard InChI is InChI=1S/C17H15ClFNO/c18-15-7-3-5-13(11-15)14(12-20)6-4-10-21-17-9-2-1-8-16(17)19/h1-3,5,7-9,11,14H,4,6,10H2. The highest BCUT2D eigenvalue weighted by molar-refractivity contribution is 6.30. The van der Waals surface area contributed by atoms with Crippen LogP contribution in [-0.4, -0.2) is 6.61 Å². The lowest BCUT2D eigenvalue weighted by Crippen LogP contribution is -2.03. The Labute approximate surface area is 128 Å². The second-order valence-electron chi connectivity index (χ2n) is 4.66. The lowest BCUT2D eigenvalue weighted by molar-refractivity contribution is 0.290. The minimum absolute atomic E-state index is 0.229. The van der Waals surface area contributed by atoms with Gasteiger partial charge in [-0.25, -0.2) is 4.39 Å². The molecule has 0 amide bonds. The van der Waals surface area contributed by atoms with E-state index in [2.05, 4.69) is 6.07 Å². The first-order valence-electron chi connectivity index (χ1n) is 6.73. The lowest BCUT2D eigenvalue weighted by Gasteiger charge is -2.11. The van der Waals surface area contributed by atoms with Gasteiger partial charge in [0.25, 0.3) is 0 Å². The van der Waals surface area contributed by atoms with Crippen LogP contribution in [0.25, 0.3) is 0 Å². The van der Waals surface area contributed by atoms with Crippen LogP contribution in [0, 0.1) is 17.1 Å². The zero-order chi connectivity index (χ0) is 15.1. The molecule has 1 unspecified atom stereocenters. The summed E-state index contributed by atoms with van der Waals surface area (Å²) in [6, 6.07) is 15.9. The van der Waals surface area contributed by atoms with Crippen LogP contribution in [0.1, 0.15) is 24.3 Å². The molecule has 21 heavy (non-hydrogen) atoms. The first-order valence-corrected chi connectivity index (χ1v) is 7.11. The van der Waals surface area contributed by atoms with Crippen LogP contribution in [0.3, 0.4) is 0 Å². The molecule has 0 fully saturated rings. The Morgan fingerprint density at radius 3 is 2.71 bits per heavy atom. The Hall–Kier alpha value is -2.05. The number of benzene rings is 2. The Morgan fingerprint density at radius 2 is 2.00 bits per heavy atom. The second kappa shape index (κ2) is 7.66. The van der Waals surface area contributed by atoms with E-state index in [9.17, 15) is 9.65 Å². The van der Waals surface area contributed by atoms with Gasteiger partial charge < -0.3 is 4.74 Å². The number of nitrogens with zero attached hydrogens (tertiary/aromatic N) is 1. The Morgan fingerprint density at radius 1 is 1.19 bits per heavy atom. The smallest absolute Gasteiger partial charge is 0.165 e. The summed E-state index contributed by atoms with van der Waals surface area (Å²) < 4.78 is 18.7. The van der Waals surface area contributed by atoms with E-state index in [4.69, 9.17) is 16.3 Å². The van der Waals surface area contributed by atoms with Gasteiger partial charge in [-0.15, -0.1) is 0 Å². The highest BCUT2D eigenvalue weighted by Crippen LogP contribution is 2.23. The maximum Gasteiger partial charge on any atom is 0.165 e. The van der Waals surface area contributed by atoms with E-state index in [1.807, 2.05) is 12.1 Å². The summed E-state index contributed by atoms with van der Waals surface area (Å²) in [6.07, 6.45) is 1.31. The lowest BCUT2D eigenvalue weighted by atomic mass is 9.96. The molecule has 0 aliphatic heterocycles. The first kappa shape index (κ1) is 15.3. The molecule has 0 saturated heterocycles. The molecule has 4 heteroatoms. The third kappa shape index (κ3) is 4.47. The molecule has 0 spiro atoms. The zero-order valence-electron chi connectivity index (χ0n) is 11.4. The van der Waals surface area contributed by atoms with E-state index in [0.29, 0.717) is 24.5 Å². The summed E-state index contributed by atoms with van der Waals surface area (Å²) in [6.45, 7) is 0.375. The number of hydrogen-bond acceptors (Lipinski definition) is 2. The predicted molar refractivity (Wildman–Crippen MR) is 80.9 cm³/mol. The van der Waals surface area contributed by atoms with E-state index in [0.717, 1.165) is 5.56 Å². The predicted octanol–water partition coefficient (Wildman–Crippen LogP) is 4.95.